The van der Waals surface area contributed by atoms with E-state index in [1.54, 1.807) is 47.4 Å². The SMILES string of the molecule is CCC(=CC1(O)CCN(C(=O)Nc2cc(Oc3ccc(F)cc3)cc(Oc3ccc(C(N)=O)cc3)c2)CC1)CC. The maximum absolute atomic E-state index is 13.4. The van der Waals surface area contributed by atoms with Crippen LogP contribution in [0.5, 0.6) is 23.0 Å². The maximum atomic E-state index is 13.4. The van der Waals surface area contributed by atoms with Gasteiger partial charge in [0.05, 0.1) is 5.60 Å². The van der Waals surface area contributed by atoms with Gasteiger partial charge in [0, 0.05) is 42.5 Å². The van der Waals surface area contributed by atoms with Crippen LogP contribution in [0.2, 0.25) is 0 Å². The highest BCUT2D eigenvalue weighted by Crippen LogP contribution is 2.33. The van der Waals surface area contributed by atoms with E-state index in [1.165, 1.54) is 29.8 Å². The number of anilines is 1. The summed E-state index contributed by atoms with van der Waals surface area (Å²) in [6, 6.07) is 16.5. The predicted octanol–water partition coefficient (Wildman–Crippen LogP) is 6.61. The van der Waals surface area contributed by atoms with Gasteiger partial charge in [-0.2, -0.15) is 0 Å². The molecule has 0 unspecified atom stereocenters. The smallest absolute Gasteiger partial charge is 0.321 e. The molecule has 1 fully saturated rings. The van der Waals surface area contributed by atoms with Crippen LogP contribution in [-0.4, -0.2) is 40.6 Å². The molecule has 4 rings (SSSR count). The lowest BCUT2D eigenvalue weighted by atomic mass is 9.88. The Balaban J connectivity index is 1.51. The number of amides is 3. The van der Waals surface area contributed by atoms with Gasteiger partial charge in [-0.05, 0) is 74.2 Å². The van der Waals surface area contributed by atoms with E-state index in [-0.39, 0.29) is 11.8 Å². The number of nitrogens with two attached hydrogens (primary N) is 1. The zero-order valence-corrected chi connectivity index (χ0v) is 22.7. The van der Waals surface area contributed by atoms with E-state index < -0.39 is 11.5 Å². The van der Waals surface area contributed by atoms with Crippen molar-refractivity contribution in [1.82, 2.24) is 4.90 Å². The van der Waals surface area contributed by atoms with Crippen molar-refractivity contribution >= 4 is 17.6 Å². The van der Waals surface area contributed by atoms with E-state index in [4.69, 9.17) is 15.2 Å². The molecule has 3 aromatic rings. The van der Waals surface area contributed by atoms with Crippen LogP contribution in [0.15, 0.2) is 78.4 Å². The summed E-state index contributed by atoms with van der Waals surface area (Å²) < 4.78 is 25.2. The minimum Gasteiger partial charge on any atom is -0.457 e. The van der Waals surface area contributed by atoms with Crippen molar-refractivity contribution < 1.29 is 28.6 Å². The fourth-order valence-corrected chi connectivity index (χ4v) is 4.50. The first-order chi connectivity index (χ1) is 19.2. The van der Waals surface area contributed by atoms with Gasteiger partial charge in [0.2, 0.25) is 5.91 Å². The summed E-state index contributed by atoms with van der Waals surface area (Å²) in [5.41, 5.74) is 6.38. The van der Waals surface area contributed by atoms with Gasteiger partial charge in [-0.1, -0.05) is 25.5 Å². The van der Waals surface area contributed by atoms with E-state index in [0.29, 0.717) is 60.2 Å². The first kappa shape index (κ1) is 28.6. The fraction of sp³-hybridized carbons (Fsp3) is 0.290. The molecule has 0 bridgehead atoms. The molecule has 1 heterocycles. The van der Waals surface area contributed by atoms with Crippen molar-refractivity contribution in [1.29, 1.82) is 0 Å². The van der Waals surface area contributed by atoms with Crippen molar-refractivity contribution in [2.45, 2.75) is 45.1 Å². The largest absolute Gasteiger partial charge is 0.457 e. The number of aliphatic hydroxyl groups is 1. The third-order valence-electron chi connectivity index (χ3n) is 6.85. The van der Waals surface area contributed by atoms with Gasteiger partial charge in [0.15, 0.2) is 0 Å². The molecule has 0 spiro atoms. The number of ether oxygens (including phenoxy) is 2. The molecular formula is C31H34FN3O5. The monoisotopic (exact) mass is 547 g/mol. The van der Waals surface area contributed by atoms with E-state index in [1.807, 2.05) is 6.08 Å². The number of likely N-dealkylation sites (tertiary alicyclic amines) is 1. The van der Waals surface area contributed by atoms with Crippen LogP contribution < -0.4 is 20.5 Å². The first-order valence-electron chi connectivity index (χ1n) is 13.3. The molecule has 40 heavy (non-hydrogen) atoms. The summed E-state index contributed by atoms with van der Waals surface area (Å²) in [4.78, 5) is 26.2. The van der Waals surface area contributed by atoms with E-state index >= 15 is 0 Å². The Labute approximate surface area is 233 Å². The Morgan fingerprint density at radius 1 is 0.925 bits per heavy atom. The number of hydrogen-bond donors (Lipinski definition) is 3. The summed E-state index contributed by atoms with van der Waals surface area (Å²) in [5.74, 6) is 0.645. The molecule has 0 saturated carbocycles. The Morgan fingerprint density at radius 3 is 1.95 bits per heavy atom. The topological polar surface area (TPSA) is 114 Å². The standard InChI is InChI=1S/C31H34FN3O5/c1-3-21(4-2)20-31(38)13-15-35(16-14-31)30(37)34-24-17-27(39-25-9-5-22(6-10-25)29(33)36)19-28(18-24)40-26-11-7-23(32)8-12-26/h5-12,17-20,38H,3-4,13-16H2,1-2H3,(H2,33,36)(H,34,37). The van der Waals surface area contributed by atoms with Crippen LogP contribution in [0, 0.1) is 5.82 Å². The van der Waals surface area contributed by atoms with Crippen LogP contribution >= 0.6 is 0 Å². The van der Waals surface area contributed by atoms with E-state index in [2.05, 4.69) is 19.2 Å². The average Bonchev–Trinajstić information content (AvgIpc) is 2.93. The van der Waals surface area contributed by atoms with Crippen molar-refractivity contribution in [3.63, 3.8) is 0 Å². The minimum absolute atomic E-state index is 0.312. The van der Waals surface area contributed by atoms with Gasteiger partial charge in [0.1, 0.15) is 28.8 Å². The number of urea groups is 1. The molecule has 4 N–H and O–H groups in total. The third-order valence-corrected chi connectivity index (χ3v) is 6.85. The number of rotatable bonds is 9. The second kappa shape index (κ2) is 12.7. The highest BCUT2D eigenvalue weighted by molar-refractivity contribution is 5.93. The van der Waals surface area contributed by atoms with Crippen LogP contribution in [0.25, 0.3) is 0 Å². The number of piperidine rings is 1. The maximum Gasteiger partial charge on any atom is 0.321 e. The number of halogens is 1. The van der Waals surface area contributed by atoms with Crippen LogP contribution in [0.3, 0.4) is 0 Å². The van der Waals surface area contributed by atoms with Gasteiger partial charge in [-0.15, -0.1) is 0 Å². The molecule has 0 radical (unpaired) electrons. The number of allylic oxidation sites excluding steroid dienone is 1. The highest BCUT2D eigenvalue weighted by Gasteiger charge is 2.32. The number of nitrogens with one attached hydrogen (secondary N) is 1. The minimum atomic E-state index is -0.911. The molecular weight excluding hydrogens is 513 g/mol. The van der Waals surface area contributed by atoms with Gasteiger partial charge in [-0.25, -0.2) is 9.18 Å². The van der Waals surface area contributed by atoms with Gasteiger partial charge in [-0.3, -0.25) is 4.79 Å². The van der Waals surface area contributed by atoms with E-state index in [0.717, 1.165) is 12.8 Å². The van der Waals surface area contributed by atoms with Crippen molar-refractivity contribution in [3.05, 3.63) is 89.8 Å². The molecule has 1 aliphatic heterocycles. The van der Waals surface area contributed by atoms with Gasteiger partial charge < -0.3 is 30.5 Å². The summed E-state index contributed by atoms with van der Waals surface area (Å²) in [6.07, 6.45) is 4.64. The normalized spacial score (nSPS) is 14.2. The first-order valence-corrected chi connectivity index (χ1v) is 13.3. The fourth-order valence-electron chi connectivity index (χ4n) is 4.50. The Morgan fingerprint density at radius 2 is 1.45 bits per heavy atom. The quantitative estimate of drug-likeness (QED) is 0.261. The average molecular weight is 548 g/mol. The molecule has 210 valence electrons. The van der Waals surface area contributed by atoms with Crippen molar-refractivity contribution in [2.24, 2.45) is 5.73 Å². The van der Waals surface area contributed by atoms with Crippen LogP contribution in [0.4, 0.5) is 14.9 Å². The number of hydrogen-bond acceptors (Lipinski definition) is 5. The second-order valence-electron chi connectivity index (χ2n) is 9.77. The summed E-state index contributed by atoms with van der Waals surface area (Å²) >= 11 is 0. The van der Waals surface area contributed by atoms with Gasteiger partial charge in [0.25, 0.3) is 0 Å². The number of nitrogens with zero attached hydrogens (tertiary/aromatic N) is 1. The Hall–Kier alpha value is -4.37. The molecule has 3 amide bonds. The molecule has 0 aliphatic carbocycles. The van der Waals surface area contributed by atoms with Gasteiger partial charge >= 0.3 is 6.03 Å². The van der Waals surface area contributed by atoms with E-state index in [9.17, 15) is 19.1 Å². The lowest BCUT2D eigenvalue weighted by Crippen LogP contribution is -2.47. The summed E-state index contributed by atoms with van der Waals surface area (Å²) in [5, 5.41) is 13.9. The molecule has 3 aromatic carbocycles. The molecule has 0 atom stereocenters. The molecule has 0 aromatic heterocycles. The number of carbonyl (C=O) groups excluding carboxylic acids is 2. The predicted molar refractivity (Wildman–Crippen MR) is 151 cm³/mol. The van der Waals surface area contributed by atoms with Crippen molar-refractivity contribution in [2.75, 3.05) is 18.4 Å². The molecule has 1 aliphatic rings. The summed E-state index contributed by atoms with van der Waals surface area (Å²) in [7, 11) is 0. The second-order valence-corrected chi connectivity index (χ2v) is 9.77. The lowest BCUT2D eigenvalue weighted by molar-refractivity contribution is 0.0304. The lowest BCUT2D eigenvalue weighted by Gasteiger charge is -2.37. The van der Waals surface area contributed by atoms with Crippen molar-refractivity contribution in [3.8, 4) is 23.0 Å². The zero-order valence-electron chi connectivity index (χ0n) is 22.7. The van der Waals surface area contributed by atoms with Crippen LogP contribution in [0.1, 0.15) is 49.9 Å². The number of carbonyl (C=O) groups is 2. The zero-order chi connectivity index (χ0) is 28.7. The molecule has 8 nitrogen and oxygen atoms in total. The highest BCUT2D eigenvalue weighted by atomic mass is 19.1. The Kier molecular flexibility index (Phi) is 9.06. The molecule has 9 heteroatoms. The Bertz CT molecular complexity index is 1360. The van der Waals surface area contributed by atoms with Crippen LogP contribution in [-0.2, 0) is 0 Å². The number of primary amides is 1. The summed E-state index contributed by atoms with van der Waals surface area (Å²) in [6.45, 7) is 4.95. The number of benzene rings is 3. The third kappa shape index (κ3) is 7.60. The molecule has 1 saturated heterocycles.